The van der Waals surface area contributed by atoms with E-state index in [0.717, 1.165) is 11.0 Å². The molecule has 0 spiro atoms. The van der Waals surface area contributed by atoms with Gasteiger partial charge < -0.3 is 24.8 Å². The fourth-order valence-corrected chi connectivity index (χ4v) is 3.37. The van der Waals surface area contributed by atoms with Crippen LogP contribution >= 0.6 is 0 Å². The average Bonchev–Trinajstić information content (AvgIpc) is 3.08. The van der Waals surface area contributed by atoms with E-state index in [2.05, 4.69) is 16.9 Å². The van der Waals surface area contributed by atoms with Crippen molar-refractivity contribution in [2.24, 2.45) is 0 Å². The van der Waals surface area contributed by atoms with Crippen LogP contribution in [-0.4, -0.2) is 51.9 Å². The summed E-state index contributed by atoms with van der Waals surface area (Å²) in [6.45, 7) is 8.69. The highest BCUT2D eigenvalue weighted by atomic mass is 19.4. The van der Waals surface area contributed by atoms with Crippen molar-refractivity contribution in [2.75, 3.05) is 13.1 Å². The smallest absolute Gasteiger partial charge is 0.433 e. The van der Waals surface area contributed by atoms with E-state index in [1.807, 2.05) is 0 Å². The Labute approximate surface area is 200 Å². The van der Waals surface area contributed by atoms with Crippen LogP contribution in [0.2, 0.25) is 0 Å². The van der Waals surface area contributed by atoms with Crippen molar-refractivity contribution in [1.82, 2.24) is 15.2 Å². The summed E-state index contributed by atoms with van der Waals surface area (Å²) in [4.78, 5) is 17.3. The van der Waals surface area contributed by atoms with E-state index < -0.39 is 35.7 Å². The summed E-state index contributed by atoms with van der Waals surface area (Å²) in [6.07, 6.45) is -7.51. The number of pyridine rings is 1. The Hall–Kier alpha value is -3.34. The molecule has 11 heteroatoms. The molecule has 2 atom stereocenters. The molecule has 1 aliphatic heterocycles. The summed E-state index contributed by atoms with van der Waals surface area (Å²) in [5, 5.41) is 12.4. The molecule has 1 fully saturated rings. The number of alkyl halides is 4. The lowest BCUT2D eigenvalue weighted by molar-refractivity contribution is -0.141. The van der Waals surface area contributed by atoms with E-state index in [1.165, 1.54) is 30.3 Å². The van der Waals surface area contributed by atoms with Crippen molar-refractivity contribution in [3.63, 3.8) is 0 Å². The van der Waals surface area contributed by atoms with Gasteiger partial charge in [-0.15, -0.1) is 0 Å². The van der Waals surface area contributed by atoms with Crippen LogP contribution < -0.4 is 10.1 Å². The molecule has 2 unspecified atom stereocenters. The molecule has 7 nitrogen and oxygen atoms in total. The van der Waals surface area contributed by atoms with E-state index in [1.54, 1.807) is 20.8 Å². The van der Waals surface area contributed by atoms with Gasteiger partial charge in [0.1, 0.15) is 29.3 Å². The molecule has 2 heterocycles. The fraction of sp³-hybridized carbons (Fsp3) is 0.417. The number of aliphatic hydroxyl groups excluding tert-OH is 1. The molecule has 190 valence electrons. The molecule has 0 bridgehead atoms. The zero-order valence-electron chi connectivity index (χ0n) is 19.5. The van der Waals surface area contributed by atoms with Gasteiger partial charge in [0.25, 0.3) is 5.91 Å². The lowest BCUT2D eigenvalue weighted by atomic mass is 10.2. The summed E-state index contributed by atoms with van der Waals surface area (Å²) >= 11 is 0. The molecule has 3 rings (SSSR count). The van der Waals surface area contributed by atoms with Gasteiger partial charge in [-0.25, -0.2) is 9.37 Å². The van der Waals surface area contributed by atoms with Crippen molar-refractivity contribution in [3.05, 3.63) is 65.7 Å². The molecule has 0 saturated carbocycles. The first-order valence-corrected chi connectivity index (χ1v) is 10.8. The maximum Gasteiger partial charge on any atom is 0.433 e. The summed E-state index contributed by atoms with van der Waals surface area (Å²) in [6, 6.07) is 7.92. The largest absolute Gasteiger partial charge is 0.474 e. The molecule has 1 saturated heterocycles. The van der Waals surface area contributed by atoms with Crippen LogP contribution in [0.5, 0.6) is 11.6 Å². The van der Waals surface area contributed by atoms with Crippen LogP contribution in [0.15, 0.2) is 48.9 Å². The number of hydrogen-bond donors (Lipinski definition) is 2. The van der Waals surface area contributed by atoms with E-state index >= 15 is 0 Å². The van der Waals surface area contributed by atoms with Gasteiger partial charge in [0.05, 0.1) is 6.54 Å². The molecule has 0 aliphatic carbocycles. The minimum Gasteiger partial charge on any atom is -0.474 e. The predicted octanol–water partition coefficient (Wildman–Crippen LogP) is 4.42. The Balaban J connectivity index is 1.79. The van der Waals surface area contributed by atoms with Gasteiger partial charge in [0.2, 0.25) is 5.88 Å². The number of carbonyl (C=O) groups is 1. The number of benzene rings is 1. The number of nitrogens with one attached hydrogen (secondary N) is 1. The zero-order chi connectivity index (χ0) is 26.0. The van der Waals surface area contributed by atoms with Crippen LogP contribution in [-0.2, 0) is 17.5 Å². The molecule has 1 amide bonds. The van der Waals surface area contributed by atoms with Crippen LogP contribution in [0.1, 0.15) is 42.4 Å². The number of β-amino-alcohol motifs (C(OH)–C–C–N with tert-alkyl or cyclic N) is 1. The molecule has 2 N–H and O–H groups in total. The van der Waals surface area contributed by atoms with Crippen molar-refractivity contribution in [3.8, 4) is 11.6 Å². The predicted molar refractivity (Wildman–Crippen MR) is 119 cm³/mol. The Bertz CT molecular complexity index is 1080. The van der Waals surface area contributed by atoms with Crippen LogP contribution in [0.4, 0.5) is 17.6 Å². The normalized spacial score (nSPS) is 18.3. The summed E-state index contributed by atoms with van der Waals surface area (Å²) in [5.41, 5.74) is -1.34. The number of hydrogen-bond acceptors (Lipinski definition) is 6. The van der Waals surface area contributed by atoms with Gasteiger partial charge in [-0.1, -0.05) is 6.07 Å². The molecule has 35 heavy (non-hydrogen) atoms. The van der Waals surface area contributed by atoms with Crippen molar-refractivity contribution >= 4 is 5.91 Å². The lowest BCUT2D eigenvalue weighted by Gasteiger charge is -2.23. The van der Waals surface area contributed by atoms with E-state index in [0.29, 0.717) is 0 Å². The maximum absolute atomic E-state index is 13.6. The number of rotatable bonds is 7. The number of nitrogens with zero attached hydrogens (tertiary/aromatic N) is 2. The second kappa shape index (κ2) is 10.1. The zero-order valence-corrected chi connectivity index (χ0v) is 19.5. The quantitative estimate of drug-likeness (QED) is 0.435. The average molecular weight is 497 g/mol. The second-order valence-electron chi connectivity index (χ2n) is 9.11. The fourth-order valence-electron chi connectivity index (χ4n) is 3.37. The number of halogens is 4. The topological polar surface area (TPSA) is 83.9 Å². The van der Waals surface area contributed by atoms with Gasteiger partial charge >= 0.3 is 6.18 Å². The highest BCUT2D eigenvalue weighted by Crippen LogP contribution is 2.32. The van der Waals surface area contributed by atoms with Gasteiger partial charge in [-0.05, 0) is 57.2 Å². The molecular weight excluding hydrogens is 470 g/mol. The highest BCUT2D eigenvalue weighted by Gasteiger charge is 2.35. The van der Waals surface area contributed by atoms with Crippen LogP contribution in [0.3, 0.4) is 0 Å². The van der Waals surface area contributed by atoms with E-state index in [4.69, 9.17) is 9.47 Å². The Morgan fingerprint density at radius 1 is 1.23 bits per heavy atom. The van der Waals surface area contributed by atoms with Gasteiger partial charge in [0.15, 0.2) is 5.88 Å². The Morgan fingerprint density at radius 3 is 2.54 bits per heavy atom. The first kappa shape index (κ1) is 26.3. The molecule has 0 radical (unpaired) electrons. The SMILES string of the molecule is C=C(NCc1cc(Oc2cccc(C(=O)N3CC(O)C(F)C3)c2)nc(C(F)(F)F)c1)OC(C)(C)C. The third-order valence-electron chi connectivity index (χ3n) is 4.88. The summed E-state index contributed by atoms with van der Waals surface area (Å²) < 4.78 is 65.0. The third-order valence-corrected chi connectivity index (χ3v) is 4.88. The van der Waals surface area contributed by atoms with E-state index in [-0.39, 0.29) is 48.3 Å². The molecule has 1 aliphatic rings. The van der Waals surface area contributed by atoms with E-state index in [9.17, 15) is 27.5 Å². The van der Waals surface area contributed by atoms with Crippen LogP contribution in [0.25, 0.3) is 0 Å². The summed E-state index contributed by atoms with van der Waals surface area (Å²) in [5.74, 6) is -0.601. The molecular formula is C24H27F4N3O4. The van der Waals surface area contributed by atoms with Crippen LogP contribution in [0, 0.1) is 0 Å². The number of ether oxygens (including phenoxy) is 2. The number of carbonyl (C=O) groups excluding carboxylic acids is 1. The number of aliphatic hydroxyl groups is 1. The minimum absolute atomic E-state index is 0.0307. The number of aromatic nitrogens is 1. The highest BCUT2D eigenvalue weighted by molar-refractivity contribution is 5.94. The molecule has 2 aromatic rings. The summed E-state index contributed by atoms with van der Waals surface area (Å²) in [7, 11) is 0. The van der Waals surface area contributed by atoms with Crippen molar-refractivity contribution < 1.29 is 36.9 Å². The number of amides is 1. The lowest BCUT2D eigenvalue weighted by Crippen LogP contribution is -2.29. The number of likely N-dealkylation sites (tertiary alicyclic amines) is 1. The monoisotopic (exact) mass is 497 g/mol. The van der Waals surface area contributed by atoms with Crippen molar-refractivity contribution in [2.45, 2.75) is 51.4 Å². The Kier molecular flexibility index (Phi) is 7.59. The standard InChI is InChI=1S/C24H27F4N3O4/c1-14(35-23(2,3)4)29-11-15-8-20(24(26,27)28)30-21(9-15)34-17-7-5-6-16(10-17)22(33)31-12-18(25)19(32)13-31/h5-10,18-19,29,32H,1,11-13H2,2-4H3. The third kappa shape index (κ3) is 7.32. The first-order chi connectivity index (χ1) is 16.2. The van der Waals surface area contributed by atoms with Gasteiger partial charge in [-0.2, -0.15) is 13.2 Å². The minimum atomic E-state index is -4.72. The van der Waals surface area contributed by atoms with Crippen molar-refractivity contribution in [1.29, 1.82) is 0 Å². The maximum atomic E-state index is 13.6. The van der Waals surface area contributed by atoms with Gasteiger partial charge in [0, 0.05) is 24.7 Å². The first-order valence-electron chi connectivity index (χ1n) is 10.8. The molecule has 1 aromatic carbocycles. The second-order valence-corrected chi connectivity index (χ2v) is 9.11. The van der Waals surface area contributed by atoms with Gasteiger partial charge in [-0.3, -0.25) is 4.79 Å². The Morgan fingerprint density at radius 2 is 1.94 bits per heavy atom. The molecule has 1 aromatic heterocycles.